The van der Waals surface area contributed by atoms with Crippen LogP contribution in [-0.2, 0) is 21.3 Å². The smallest absolute Gasteiger partial charge is 0.296 e. The standard InChI is InChI=1S/C16H17F5N4O3S2/c1-9-4-11(28-16(19,20)21)2-3-25(9)7-10-5-13(18)14(6-12(10)17)30(26,27)24-15-22-8-23-29-15/h5-6,8-9,11H,2-4,7H2,1H3,(H,22,23,24)/t9-,11+/m1/s1. The lowest BCUT2D eigenvalue weighted by Crippen LogP contribution is -2.44. The van der Waals surface area contributed by atoms with Gasteiger partial charge in [-0.25, -0.2) is 22.2 Å². The van der Waals surface area contributed by atoms with Gasteiger partial charge in [-0.2, -0.15) is 4.37 Å². The third-order valence-corrected chi connectivity index (χ3v) is 6.68. The second kappa shape index (κ2) is 8.69. The summed E-state index contributed by atoms with van der Waals surface area (Å²) in [5.41, 5.74) is -0.107. The summed E-state index contributed by atoms with van der Waals surface area (Å²) in [4.78, 5) is 4.42. The number of nitrogens with one attached hydrogen (secondary N) is 1. The Bertz CT molecular complexity index is 986. The van der Waals surface area contributed by atoms with Gasteiger partial charge in [-0.1, -0.05) is 0 Å². The number of sulfonamides is 1. The van der Waals surface area contributed by atoms with Crippen molar-refractivity contribution in [2.24, 2.45) is 0 Å². The van der Waals surface area contributed by atoms with Crippen LogP contribution in [0.4, 0.5) is 27.1 Å². The van der Waals surface area contributed by atoms with E-state index >= 15 is 0 Å². The van der Waals surface area contributed by atoms with Crippen molar-refractivity contribution in [2.75, 3.05) is 11.3 Å². The largest absolute Gasteiger partial charge is 0.522 e. The van der Waals surface area contributed by atoms with E-state index in [4.69, 9.17) is 0 Å². The molecule has 1 aromatic carbocycles. The highest BCUT2D eigenvalue weighted by Gasteiger charge is 2.37. The van der Waals surface area contributed by atoms with Crippen molar-refractivity contribution in [3.8, 4) is 0 Å². The van der Waals surface area contributed by atoms with E-state index in [1.165, 1.54) is 0 Å². The third kappa shape index (κ3) is 5.62. The molecule has 0 spiro atoms. The van der Waals surface area contributed by atoms with Crippen molar-refractivity contribution in [2.45, 2.75) is 49.7 Å². The summed E-state index contributed by atoms with van der Waals surface area (Å²) in [6.07, 6.45) is -4.48. The highest BCUT2D eigenvalue weighted by Crippen LogP contribution is 2.29. The maximum Gasteiger partial charge on any atom is 0.522 e. The van der Waals surface area contributed by atoms with E-state index < -0.39 is 39.0 Å². The number of alkyl halides is 3. The second-order valence-electron chi connectivity index (χ2n) is 6.76. The highest BCUT2D eigenvalue weighted by atomic mass is 32.2. The van der Waals surface area contributed by atoms with Gasteiger partial charge in [0.2, 0.25) is 5.13 Å². The molecule has 1 aliphatic heterocycles. The fourth-order valence-corrected chi connectivity index (χ4v) is 4.95. The first kappa shape index (κ1) is 22.8. The third-order valence-electron chi connectivity index (χ3n) is 4.61. The van der Waals surface area contributed by atoms with Gasteiger partial charge in [0.25, 0.3) is 10.0 Å². The van der Waals surface area contributed by atoms with Crippen LogP contribution in [0.2, 0.25) is 0 Å². The Hall–Kier alpha value is -1.90. The van der Waals surface area contributed by atoms with E-state index in [9.17, 15) is 30.4 Å². The Balaban J connectivity index is 1.72. The Morgan fingerprint density at radius 1 is 1.30 bits per heavy atom. The lowest BCUT2D eigenvalue weighted by Gasteiger charge is -2.37. The van der Waals surface area contributed by atoms with Crippen LogP contribution in [0.25, 0.3) is 0 Å². The molecule has 0 saturated carbocycles. The van der Waals surface area contributed by atoms with Gasteiger partial charge in [0.05, 0.1) is 6.10 Å². The molecular formula is C16H17F5N4O3S2. The Morgan fingerprint density at radius 2 is 2.03 bits per heavy atom. The van der Waals surface area contributed by atoms with Crippen LogP contribution < -0.4 is 4.72 Å². The predicted octanol–water partition coefficient (Wildman–Crippen LogP) is 3.51. The number of aromatic nitrogens is 2. The monoisotopic (exact) mass is 472 g/mol. The normalized spacial score (nSPS) is 21.0. The summed E-state index contributed by atoms with van der Waals surface area (Å²) in [5, 5.41) is -0.100. The van der Waals surface area contributed by atoms with Gasteiger partial charge in [-0.15, -0.1) is 13.2 Å². The zero-order valence-corrected chi connectivity index (χ0v) is 17.1. The minimum atomic E-state index is -4.73. The molecule has 0 aliphatic carbocycles. The van der Waals surface area contributed by atoms with Gasteiger partial charge >= 0.3 is 6.36 Å². The molecule has 1 aliphatic rings. The van der Waals surface area contributed by atoms with Gasteiger partial charge in [0.15, 0.2) is 0 Å². The summed E-state index contributed by atoms with van der Waals surface area (Å²) >= 11 is 0.730. The molecule has 1 aromatic heterocycles. The quantitative estimate of drug-likeness (QED) is 0.648. The summed E-state index contributed by atoms with van der Waals surface area (Å²) in [5.74, 6) is -2.11. The lowest BCUT2D eigenvalue weighted by atomic mass is 9.99. The van der Waals surface area contributed by atoms with E-state index in [0.29, 0.717) is 6.07 Å². The van der Waals surface area contributed by atoms with E-state index in [1.807, 2.05) is 4.72 Å². The average molecular weight is 472 g/mol. The van der Waals surface area contributed by atoms with Crippen LogP contribution in [-0.4, -0.2) is 47.7 Å². The Kier molecular flexibility index (Phi) is 6.60. The molecule has 1 fully saturated rings. The number of nitrogens with zero attached hydrogens (tertiary/aromatic N) is 3. The van der Waals surface area contributed by atoms with E-state index in [2.05, 4.69) is 14.1 Å². The summed E-state index contributed by atoms with van der Waals surface area (Å²) < 4.78 is 100. The number of hydrogen-bond donors (Lipinski definition) is 1. The van der Waals surface area contributed by atoms with Crippen molar-refractivity contribution in [3.05, 3.63) is 35.7 Å². The van der Waals surface area contributed by atoms with E-state index in [0.717, 1.165) is 23.9 Å². The number of piperidine rings is 1. The zero-order chi connectivity index (χ0) is 22.1. The van der Waals surface area contributed by atoms with Crippen LogP contribution in [0.15, 0.2) is 23.4 Å². The number of hydrogen-bond acceptors (Lipinski definition) is 7. The Labute approximate surface area is 173 Å². The van der Waals surface area contributed by atoms with Crippen molar-refractivity contribution >= 4 is 26.7 Å². The highest BCUT2D eigenvalue weighted by molar-refractivity contribution is 7.93. The lowest BCUT2D eigenvalue weighted by molar-refractivity contribution is -0.347. The molecule has 1 N–H and O–H groups in total. The fourth-order valence-electron chi connectivity index (χ4n) is 3.21. The maximum absolute atomic E-state index is 14.5. The molecule has 14 heteroatoms. The van der Waals surface area contributed by atoms with Gasteiger partial charge < -0.3 is 0 Å². The van der Waals surface area contributed by atoms with Crippen LogP contribution in [0.3, 0.4) is 0 Å². The molecule has 2 atom stereocenters. The van der Waals surface area contributed by atoms with Gasteiger partial charge in [-0.05, 0) is 31.9 Å². The Morgan fingerprint density at radius 3 is 2.63 bits per heavy atom. The van der Waals surface area contributed by atoms with Gasteiger partial charge in [0, 0.05) is 36.2 Å². The molecule has 7 nitrogen and oxygen atoms in total. The van der Waals surface area contributed by atoms with Crippen molar-refractivity contribution < 1.29 is 35.1 Å². The first-order chi connectivity index (χ1) is 13.9. The molecule has 166 valence electrons. The molecule has 30 heavy (non-hydrogen) atoms. The molecule has 2 heterocycles. The summed E-state index contributed by atoms with van der Waals surface area (Å²) in [6, 6.07) is 0.962. The first-order valence-electron chi connectivity index (χ1n) is 8.70. The van der Waals surface area contributed by atoms with Crippen LogP contribution in [0.5, 0.6) is 0 Å². The number of anilines is 1. The zero-order valence-electron chi connectivity index (χ0n) is 15.5. The van der Waals surface area contributed by atoms with Crippen LogP contribution in [0.1, 0.15) is 25.3 Å². The molecule has 0 bridgehead atoms. The number of halogens is 5. The second-order valence-corrected chi connectivity index (χ2v) is 9.19. The van der Waals surface area contributed by atoms with E-state index in [-0.39, 0.29) is 42.7 Å². The molecule has 2 aromatic rings. The molecular weight excluding hydrogens is 455 g/mol. The van der Waals surface area contributed by atoms with E-state index in [1.54, 1.807) is 11.8 Å². The molecule has 1 saturated heterocycles. The number of ether oxygens (including phenoxy) is 1. The molecule has 0 radical (unpaired) electrons. The summed E-state index contributed by atoms with van der Waals surface area (Å²) in [6.45, 7) is 1.75. The van der Waals surface area contributed by atoms with Crippen LogP contribution >= 0.6 is 11.5 Å². The average Bonchev–Trinajstić information content (AvgIpc) is 3.10. The maximum atomic E-state index is 14.5. The molecule has 0 amide bonds. The topological polar surface area (TPSA) is 84.4 Å². The summed E-state index contributed by atoms with van der Waals surface area (Å²) in [7, 11) is -4.42. The predicted molar refractivity (Wildman–Crippen MR) is 97.1 cm³/mol. The minimum absolute atomic E-state index is 0.0713. The van der Waals surface area contributed by atoms with Crippen molar-refractivity contribution in [1.82, 2.24) is 14.3 Å². The number of benzene rings is 1. The van der Waals surface area contributed by atoms with Gasteiger partial charge in [-0.3, -0.25) is 14.4 Å². The number of likely N-dealkylation sites (tertiary alicyclic amines) is 1. The SMILES string of the molecule is C[C@@H]1C[C@@H](OC(F)(F)F)CCN1Cc1cc(F)c(S(=O)(=O)Nc2ncns2)cc1F. The minimum Gasteiger partial charge on any atom is -0.296 e. The molecule has 3 rings (SSSR count). The van der Waals surface area contributed by atoms with Crippen molar-refractivity contribution in [3.63, 3.8) is 0 Å². The fraction of sp³-hybridized carbons (Fsp3) is 0.500. The molecule has 0 unspecified atom stereocenters. The van der Waals surface area contributed by atoms with Gasteiger partial charge in [0.1, 0.15) is 22.9 Å². The van der Waals surface area contributed by atoms with Crippen LogP contribution in [0, 0.1) is 11.6 Å². The first-order valence-corrected chi connectivity index (χ1v) is 11.0. The van der Waals surface area contributed by atoms with Crippen molar-refractivity contribution in [1.29, 1.82) is 0 Å². The number of rotatable bonds is 6.